The first-order chi connectivity index (χ1) is 13.3. The Morgan fingerprint density at radius 3 is 2.32 bits per heavy atom. The van der Waals surface area contributed by atoms with Crippen LogP contribution in [0.2, 0.25) is 0 Å². The van der Waals surface area contributed by atoms with Gasteiger partial charge in [-0.15, -0.1) is 0 Å². The van der Waals surface area contributed by atoms with Crippen molar-refractivity contribution in [2.45, 2.75) is 33.6 Å². The number of hydrogen-bond donors (Lipinski definition) is 2. The van der Waals surface area contributed by atoms with Gasteiger partial charge in [-0.3, -0.25) is 4.79 Å². The van der Waals surface area contributed by atoms with Crippen LogP contribution in [-0.2, 0) is 4.79 Å². The zero-order chi connectivity index (χ0) is 20.7. The molecule has 0 bridgehead atoms. The maximum Gasteiger partial charge on any atom is 0.259 e. The van der Waals surface area contributed by atoms with E-state index in [1.165, 1.54) is 5.56 Å². The molecule has 2 aromatic rings. The molecule has 0 spiro atoms. The molecule has 0 aliphatic heterocycles. The molecule has 0 saturated carbocycles. The SMILES string of the molecule is CC(/C=N/NC(=O)CNc1c(Br)cc(C)cc1Br)=C\c1ccc(C(C)C)cc1. The minimum absolute atomic E-state index is 0.122. The number of hydrazone groups is 1. The van der Waals surface area contributed by atoms with Gasteiger partial charge in [0, 0.05) is 8.95 Å². The Morgan fingerprint density at radius 1 is 1.14 bits per heavy atom. The van der Waals surface area contributed by atoms with Crippen molar-refractivity contribution in [2.24, 2.45) is 5.10 Å². The number of rotatable bonds is 7. The Morgan fingerprint density at radius 2 is 1.75 bits per heavy atom. The third-order valence-electron chi connectivity index (χ3n) is 4.07. The highest BCUT2D eigenvalue weighted by Gasteiger charge is 2.07. The number of aryl methyl sites for hydroxylation is 1. The van der Waals surface area contributed by atoms with Crippen LogP contribution in [0.15, 0.2) is 56.0 Å². The molecule has 0 unspecified atom stereocenters. The smallest absolute Gasteiger partial charge is 0.259 e. The topological polar surface area (TPSA) is 53.5 Å². The van der Waals surface area contributed by atoms with Crippen molar-refractivity contribution in [3.63, 3.8) is 0 Å². The van der Waals surface area contributed by atoms with Crippen LogP contribution in [-0.4, -0.2) is 18.7 Å². The summed E-state index contributed by atoms with van der Waals surface area (Å²) in [5.41, 5.74) is 7.88. The third kappa shape index (κ3) is 6.91. The zero-order valence-corrected chi connectivity index (χ0v) is 19.7. The molecule has 2 N–H and O–H groups in total. The molecular formula is C22H25Br2N3O. The number of carbonyl (C=O) groups excluding carboxylic acids is 1. The van der Waals surface area contributed by atoms with Crippen LogP contribution in [0.3, 0.4) is 0 Å². The molecule has 0 aliphatic rings. The maximum absolute atomic E-state index is 12.0. The van der Waals surface area contributed by atoms with Gasteiger partial charge in [-0.25, -0.2) is 5.43 Å². The van der Waals surface area contributed by atoms with Crippen LogP contribution in [0.4, 0.5) is 5.69 Å². The van der Waals surface area contributed by atoms with Gasteiger partial charge in [-0.05, 0) is 86.0 Å². The first-order valence-corrected chi connectivity index (χ1v) is 10.6. The van der Waals surface area contributed by atoms with Gasteiger partial charge in [0.1, 0.15) is 0 Å². The van der Waals surface area contributed by atoms with Crippen molar-refractivity contribution in [3.05, 3.63) is 67.6 Å². The fraction of sp³-hybridized carbons (Fsp3) is 0.273. The van der Waals surface area contributed by atoms with Gasteiger partial charge in [0.25, 0.3) is 5.91 Å². The molecule has 0 aliphatic carbocycles. The highest BCUT2D eigenvalue weighted by molar-refractivity contribution is 9.11. The Balaban J connectivity index is 1.87. The highest BCUT2D eigenvalue weighted by atomic mass is 79.9. The van der Waals surface area contributed by atoms with E-state index in [-0.39, 0.29) is 12.5 Å². The Labute approximate surface area is 183 Å². The van der Waals surface area contributed by atoms with E-state index in [1.54, 1.807) is 6.21 Å². The highest BCUT2D eigenvalue weighted by Crippen LogP contribution is 2.32. The predicted molar refractivity (Wildman–Crippen MR) is 126 cm³/mol. The lowest BCUT2D eigenvalue weighted by Gasteiger charge is -2.11. The Hall–Kier alpha value is -1.92. The molecule has 1 amide bonds. The molecular weight excluding hydrogens is 482 g/mol. The summed E-state index contributed by atoms with van der Waals surface area (Å²) in [4.78, 5) is 12.0. The van der Waals surface area contributed by atoms with Crippen molar-refractivity contribution in [1.82, 2.24) is 5.43 Å². The molecule has 6 heteroatoms. The molecule has 0 heterocycles. The van der Waals surface area contributed by atoms with E-state index in [9.17, 15) is 4.79 Å². The normalized spacial score (nSPS) is 11.9. The van der Waals surface area contributed by atoms with E-state index in [2.05, 4.69) is 85.8 Å². The summed E-state index contributed by atoms with van der Waals surface area (Å²) in [5, 5.41) is 7.13. The molecule has 2 rings (SSSR count). The van der Waals surface area contributed by atoms with Crippen LogP contribution >= 0.6 is 31.9 Å². The lowest BCUT2D eigenvalue weighted by molar-refractivity contribution is -0.119. The van der Waals surface area contributed by atoms with E-state index >= 15 is 0 Å². The molecule has 28 heavy (non-hydrogen) atoms. The van der Waals surface area contributed by atoms with Gasteiger partial charge >= 0.3 is 0 Å². The van der Waals surface area contributed by atoms with Crippen molar-refractivity contribution in [1.29, 1.82) is 0 Å². The minimum Gasteiger partial charge on any atom is -0.374 e. The monoisotopic (exact) mass is 505 g/mol. The second-order valence-corrected chi connectivity index (χ2v) is 8.67. The summed E-state index contributed by atoms with van der Waals surface area (Å²) >= 11 is 7.00. The summed E-state index contributed by atoms with van der Waals surface area (Å²) in [6, 6.07) is 12.4. The van der Waals surface area contributed by atoms with Gasteiger partial charge in [0.2, 0.25) is 0 Å². The van der Waals surface area contributed by atoms with Gasteiger partial charge in [0.05, 0.1) is 18.4 Å². The van der Waals surface area contributed by atoms with Gasteiger partial charge in [-0.2, -0.15) is 5.10 Å². The number of amides is 1. The van der Waals surface area contributed by atoms with Gasteiger partial charge in [-0.1, -0.05) is 44.2 Å². The summed E-state index contributed by atoms with van der Waals surface area (Å²) in [6.45, 7) is 8.43. The third-order valence-corrected chi connectivity index (χ3v) is 5.32. The van der Waals surface area contributed by atoms with Crippen molar-refractivity contribution >= 4 is 55.7 Å². The first-order valence-electron chi connectivity index (χ1n) is 9.06. The van der Waals surface area contributed by atoms with E-state index in [4.69, 9.17) is 0 Å². The largest absolute Gasteiger partial charge is 0.374 e. The summed E-state index contributed by atoms with van der Waals surface area (Å²) in [7, 11) is 0. The molecule has 0 radical (unpaired) electrons. The second-order valence-electron chi connectivity index (χ2n) is 6.96. The number of hydrogen-bond acceptors (Lipinski definition) is 3. The summed E-state index contributed by atoms with van der Waals surface area (Å²) in [6.07, 6.45) is 3.67. The molecule has 0 aromatic heterocycles. The molecule has 0 saturated heterocycles. The molecule has 148 valence electrons. The lowest BCUT2D eigenvalue weighted by Crippen LogP contribution is -2.26. The van der Waals surface area contributed by atoms with E-state index < -0.39 is 0 Å². The van der Waals surface area contributed by atoms with E-state index in [0.717, 1.165) is 31.3 Å². The first kappa shape index (κ1) is 22.4. The number of carbonyl (C=O) groups is 1. The number of anilines is 1. The van der Waals surface area contributed by atoms with Crippen LogP contribution in [0.25, 0.3) is 6.08 Å². The zero-order valence-electron chi connectivity index (χ0n) is 16.5. The van der Waals surface area contributed by atoms with Crippen LogP contribution in [0.1, 0.15) is 43.4 Å². The summed E-state index contributed by atoms with van der Waals surface area (Å²) in [5.74, 6) is 0.301. The van der Waals surface area contributed by atoms with E-state index in [1.807, 2.05) is 32.1 Å². The maximum atomic E-state index is 12.0. The predicted octanol–water partition coefficient (Wildman–Crippen LogP) is 6.26. The Bertz CT molecular complexity index is 864. The molecule has 2 aromatic carbocycles. The lowest BCUT2D eigenvalue weighted by atomic mass is 10.0. The van der Waals surface area contributed by atoms with Gasteiger partial charge < -0.3 is 5.32 Å². The van der Waals surface area contributed by atoms with Crippen molar-refractivity contribution < 1.29 is 4.79 Å². The average molecular weight is 507 g/mol. The second kappa shape index (κ2) is 10.6. The molecule has 0 atom stereocenters. The fourth-order valence-corrected chi connectivity index (χ4v) is 4.26. The number of allylic oxidation sites excluding steroid dienone is 1. The van der Waals surface area contributed by atoms with Crippen molar-refractivity contribution in [3.8, 4) is 0 Å². The minimum atomic E-state index is -0.218. The van der Waals surface area contributed by atoms with Crippen LogP contribution < -0.4 is 10.7 Å². The average Bonchev–Trinajstić information content (AvgIpc) is 2.61. The molecule has 0 fully saturated rings. The van der Waals surface area contributed by atoms with Crippen LogP contribution in [0, 0.1) is 6.92 Å². The quantitative estimate of drug-likeness (QED) is 0.344. The number of nitrogens with one attached hydrogen (secondary N) is 2. The standard InChI is InChI=1S/C22H25Br2N3O/c1-14(2)18-7-5-17(6-8-18)9-16(4)12-26-27-21(28)13-25-22-19(23)10-15(3)11-20(22)24/h5-12,14,25H,13H2,1-4H3,(H,27,28)/b16-9+,26-12+. The van der Waals surface area contributed by atoms with Crippen molar-refractivity contribution in [2.75, 3.05) is 11.9 Å². The van der Waals surface area contributed by atoms with Gasteiger partial charge in [0.15, 0.2) is 0 Å². The Kier molecular flexibility index (Phi) is 8.45. The van der Waals surface area contributed by atoms with E-state index in [0.29, 0.717) is 5.92 Å². The number of halogens is 2. The van der Waals surface area contributed by atoms with Crippen LogP contribution in [0.5, 0.6) is 0 Å². The summed E-state index contributed by atoms with van der Waals surface area (Å²) < 4.78 is 1.80. The number of nitrogens with zero attached hydrogens (tertiary/aromatic N) is 1. The molecule has 4 nitrogen and oxygen atoms in total. The number of benzene rings is 2. The fourth-order valence-electron chi connectivity index (χ4n) is 2.56.